The highest BCUT2D eigenvalue weighted by molar-refractivity contribution is 5.85. The monoisotopic (exact) mass is 347 g/mol. The van der Waals surface area contributed by atoms with Gasteiger partial charge in [0.05, 0.1) is 0 Å². The summed E-state index contributed by atoms with van der Waals surface area (Å²) in [7, 11) is 1.87. The summed E-state index contributed by atoms with van der Waals surface area (Å²) < 4.78 is 0. The molecule has 2 N–H and O–H groups in total. The number of rotatable bonds is 6. The number of amides is 1. The van der Waals surface area contributed by atoms with Gasteiger partial charge in [-0.1, -0.05) is 25.1 Å². The Balaban J connectivity index is 0.00000220. The van der Waals surface area contributed by atoms with E-state index in [1.54, 1.807) is 0 Å². The smallest absolute Gasteiger partial charge is 0.224 e. The minimum absolute atomic E-state index is 0. The number of nitrogens with one attached hydrogen (secondary N) is 2. The van der Waals surface area contributed by atoms with E-state index in [1.807, 2.05) is 14.0 Å². The molecule has 4 nitrogen and oxygen atoms in total. The molecular formula is C16H27Cl2N3O. The zero-order chi connectivity index (χ0) is 14.5. The standard InChI is InChI=1S/C16H25N3O.2ClH/c1-12(10-17-3)16(20)18-11-13(2)19-9-8-14-6-4-5-7-15(14)19;;/h4-7,12-13,17H,8-11H2,1-3H3,(H,18,20);2*1H. The van der Waals surface area contributed by atoms with Gasteiger partial charge in [-0.2, -0.15) is 0 Å². The summed E-state index contributed by atoms with van der Waals surface area (Å²) in [6.07, 6.45) is 1.10. The Labute approximate surface area is 145 Å². The molecular weight excluding hydrogens is 321 g/mol. The van der Waals surface area contributed by atoms with E-state index >= 15 is 0 Å². The molecule has 1 aromatic rings. The van der Waals surface area contributed by atoms with E-state index in [9.17, 15) is 4.79 Å². The molecule has 0 spiro atoms. The zero-order valence-electron chi connectivity index (χ0n) is 13.5. The van der Waals surface area contributed by atoms with E-state index in [0.29, 0.717) is 19.1 Å². The molecule has 0 saturated heterocycles. The molecule has 2 atom stereocenters. The minimum Gasteiger partial charge on any atom is -0.366 e. The largest absolute Gasteiger partial charge is 0.366 e. The number of carbonyl (C=O) groups is 1. The van der Waals surface area contributed by atoms with Gasteiger partial charge in [0, 0.05) is 37.3 Å². The zero-order valence-corrected chi connectivity index (χ0v) is 15.1. The molecule has 0 radical (unpaired) electrons. The third kappa shape index (κ3) is 5.04. The lowest BCUT2D eigenvalue weighted by Gasteiger charge is -2.28. The maximum atomic E-state index is 11.9. The van der Waals surface area contributed by atoms with Gasteiger partial charge in [-0.05, 0) is 32.0 Å². The van der Waals surface area contributed by atoms with Crippen molar-refractivity contribution in [3.8, 4) is 0 Å². The molecule has 1 aromatic carbocycles. The van der Waals surface area contributed by atoms with Crippen molar-refractivity contribution in [1.29, 1.82) is 0 Å². The van der Waals surface area contributed by atoms with Crippen LogP contribution in [0.1, 0.15) is 19.4 Å². The molecule has 2 unspecified atom stereocenters. The van der Waals surface area contributed by atoms with Gasteiger partial charge in [0.2, 0.25) is 5.91 Å². The summed E-state index contributed by atoms with van der Waals surface area (Å²) in [5.74, 6) is 0.136. The second-order valence-corrected chi connectivity index (χ2v) is 5.63. The third-order valence-corrected chi connectivity index (χ3v) is 3.98. The Morgan fingerprint density at radius 3 is 2.59 bits per heavy atom. The van der Waals surface area contributed by atoms with E-state index in [0.717, 1.165) is 13.0 Å². The van der Waals surface area contributed by atoms with E-state index in [2.05, 4.69) is 46.7 Å². The third-order valence-electron chi connectivity index (χ3n) is 3.98. The fraction of sp³-hybridized carbons (Fsp3) is 0.562. The Morgan fingerprint density at radius 1 is 1.23 bits per heavy atom. The summed E-state index contributed by atoms with van der Waals surface area (Å²) in [6.45, 7) is 6.57. The van der Waals surface area contributed by atoms with Crippen LogP contribution in [-0.4, -0.2) is 38.6 Å². The van der Waals surface area contributed by atoms with Crippen LogP contribution in [0.25, 0.3) is 0 Å². The fourth-order valence-corrected chi connectivity index (χ4v) is 2.75. The number of para-hydroxylation sites is 1. The SMILES string of the molecule is CNCC(C)C(=O)NCC(C)N1CCc2ccccc21.Cl.Cl. The van der Waals surface area contributed by atoms with Gasteiger partial charge in [-0.3, -0.25) is 4.79 Å². The van der Waals surface area contributed by atoms with Crippen molar-refractivity contribution in [2.75, 3.05) is 31.6 Å². The Bertz CT molecular complexity index is 470. The van der Waals surface area contributed by atoms with E-state index in [1.165, 1.54) is 11.3 Å². The number of fused-ring (bicyclic) bond motifs is 1. The highest BCUT2D eigenvalue weighted by Crippen LogP contribution is 2.28. The quantitative estimate of drug-likeness (QED) is 0.829. The fourth-order valence-electron chi connectivity index (χ4n) is 2.75. The first-order chi connectivity index (χ1) is 9.63. The molecule has 6 heteroatoms. The number of nitrogens with zero attached hydrogens (tertiary/aromatic N) is 1. The second-order valence-electron chi connectivity index (χ2n) is 5.63. The van der Waals surface area contributed by atoms with Crippen molar-refractivity contribution in [2.45, 2.75) is 26.3 Å². The number of hydrogen-bond acceptors (Lipinski definition) is 3. The average Bonchev–Trinajstić information content (AvgIpc) is 2.88. The summed E-state index contributed by atoms with van der Waals surface area (Å²) in [5, 5.41) is 6.09. The van der Waals surface area contributed by atoms with Crippen LogP contribution in [0.3, 0.4) is 0 Å². The first-order valence-corrected chi connectivity index (χ1v) is 7.40. The van der Waals surface area contributed by atoms with Crippen LogP contribution in [0.4, 0.5) is 5.69 Å². The Morgan fingerprint density at radius 2 is 1.91 bits per heavy atom. The first-order valence-electron chi connectivity index (χ1n) is 7.40. The molecule has 2 rings (SSSR count). The highest BCUT2D eigenvalue weighted by Gasteiger charge is 2.23. The molecule has 22 heavy (non-hydrogen) atoms. The van der Waals surface area contributed by atoms with Crippen molar-refractivity contribution < 1.29 is 4.79 Å². The lowest BCUT2D eigenvalue weighted by molar-refractivity contribution is -0.124. The maximum absolute atomic E-state index is 11.9. The Hall–Kier alpha value is -0.970. The minimum atomic E-state index is 0. The van der Waals surface area contributed by atoms with Gasteiger partial charge < -0.3 is 15.5 Å². The van der Waals surface area contributed by atoms with Crippen LogP contribution in [-0.2, 0) is 11.2 Å². The van der Waals surface area contributed by atoms with E-state index < -0.39 is 0 Å². The van der Waals surface area contributed by atoms with Crippen LogP contribution >= 0.6 is 24.8 Å². The van der Waals surface area contributed by atoms with Gasteiger partial charge in [0.25, 0.3) is 0 Å². The normalized spacial score (nSPS) is 15.1. The van der Waals surface area contributed by atoms with Gasteiger partial charge in [0.15, 0.2) is 0 Å². The van der Waals surface area contributed by atoms with Gasteiger partial charge in [-0.25, -0.2) is 0 Å². The molecule has 1 heterocycles. The molecule has 126 valence electrons. The van der Waals surface area contributed by atoms with E-state index in [4.69, 9.17) is 0 Å². The van der Waals surface area contributed by atoms with Crippen LogP contribution in [0.2, 0.25) is 0 Å². The molecule has 0 aliphatic carbocycles. The summed E-state index contributed by atoms with van der Waals surface area (Å²) in [6, 6.07) is 8.86. The van der Waals surface area contributed by atoms with Crippen molar-refractivity contribution in [3.63, 3.8) is 0 Å². The van der Waals surface area contributed by atoms with Crippen LogP contribution in [0, 0.1) is 5.92 Å². The first kappa shape index (κ1) is 21.0. The number of anilines is 1. The van der Waals surface area contributed by atoms with Crippen LogP contribution in [0.5, 0.6) is 0 Å². The predicted octanol–water partition coefficient (Wildman–Crippen LogP) is 2.25. The van der Waals surface area contributed by atoms with Gasteiger partial charge >= 0.3 is 0 Å². The van der Waals surface area contributed by atoms with Crippen LogP contribution in [0.15, 0.2) is 24.3 Å². The van der Waals surface area contributed by atoms with Crippen LogP contribution < -0.4 is 15.5 Å². The van der Waals surface area contributed by atoms with Crippen molar-refractivity contribution in [2.24, 2.45) is 5.92 Å². The second kappa shape index (κ2) is 9.93. The number of carbonyl (C=O) groups excluding carboxylic acids is 1. The molecule has 0 saturated carbocycles. The summed E-state index contributed by atoms with van der Waals surface area (Å²) in [4.78, 5) is 14.3. The predicted molar refractivity (Wildman–Crippen MR) is 97.6 cm³/mol. The van der Waals surface area contributed by atoms with Crippen molar-refractivity contribution in [3.05, 3.63) is 29.8 Å². The molecule has 1 aliphatic rings. The topological polar surface area (TPSA) is 44.4 Å². The van der Waals surface area contributed by atoms with Gasteiger partial charge in [0.1, 0.15) is 0 Å². The number of benzene rings is 1. The lowest BCUT2D eigenvalue weighted by atomic mass is 10.1. The lowest BCUT2D eigenvalue weighted by Crippen LogP contribution is -2.44. The molecule has 0 bridgehead atoms. The molecule has 0 aromatic heterocycles. The van der Waals surface area contributed by atoms with Crippen molar-refractivity contribution in [1.82, 2.24) is 10.6 Å². The summed E-state index contributed by atoms with van der Waals surface area (Å²) in [5.41, 5.74) is 2.73. The maximum Gasteiger partial charge on any atom is 0.224 e. The Kier molecular flexibility index (Phi) is 9.49. The summed E-state index contributed by atoms with van der Waals surface area (Å²) >= 11 is 0. The highest BCUT2D eigenvalue weighted by atomic mass is 35.5. The molecule has 1 amide bonds. The number of hydrogen-bond donors (Lipinski definition) is 2. The number of halogens is 2. The molecule has 1 aliphatic heterocycles. The molecule has 0 fully saturated rings. The van der Waals surface area contributed by atoms with Crippen molar-refractivity contribution >= 4 is 36.4 Å². The average molecular weight is 348 g/mol. The van der Waals surface area contributed by atoms with E-state index in [-0.39, 0.29) is 36.6 Å². The van der Waals surface area contributed by atoms with Gasteiger partial charge in [-0.15, -0.1) is 24.8 Å².